The zero-order valence-corrected chi connectivity index (χ0v) is 18.6. The zero-order valence-electron chi connectivity index (χ0n) is 17.0. The van der Waals surface area contributed by atoms with Crippen LogP contribution in [-0.2, 0) is 9.59 Å². The molecule has 2 N–H and O–H groups in total. The number of amides is 2. The number of nitrogens with zero attached hydrogens (tertiary/aromatic N) is 2. The van der Waals surface area contributed by atoms with Gasteiger partial charge in [0.25, 0.3) is 0 Å². The SMILES string of the molecule is CC1=C/C(=N\N=C2\NC(=O)C(CC(=O)Nc3cccc(Cl)c3C)S2)CC(C)(C)C1. The van der Waals surface area contributed by atoms with Crippen LogP contribution in [0, 0.1) is 12.3 Å². The van der Waals surface area contributed by atoms with E-state index in [1.165, 1.54) is 17.3 Å². The molecular formula is C21H25ClN4O2S. The normalized spacial score (nSPS) is 23.8. The summed E-state index contributed by atoms with van der Waals surface area (Å²) in [6, 6.07) is 5.32. The Kier molecular flexibility index (Phi) is 6.49. The summed E-state index contributed by atoms with van der Waals surface area (Å²) in [4.78, 5) is 24.6. The molecule has 3 rings (SSSR count). The Morgan fingerprint density at radius 2 is 2.07 bits per heavy atom. The number of carbonyl (C=O) groups is 2. The lowest BCUT2D eigenvalue weighted by Gasteiger charge is -2.28. The van der Waals surface area contributed by atoms with E-state index in [4.69, 9.17) is 11.6 Å². The Labute approximate surface area is 180 Å². The van der Waals surface area contributed by atoms with Gasteiger partial charge in [0.2, 0.25) is 11.8 Å². The van der Waals surface area contributed by atoms with E-state index in [2.05, 4.69) is 47.7 Å². The van der Waals surface area contributed by atoms with Crippen LogP contribution in [0.25, 0.3) is 0 Å². The second-order valence-electron chi connectivity index (χ2n) is 8.27. The van der Waals surface area contributed by atoms with Crippen molar-refractivity contribution in [1.82, 2.24) is 5.32 Å². The van der Waals surface area contributed by atoms with Crippen LogP contribution >= 0.6 is 23.4 Å². The first kappa shape index (κ1) is 21.6. The molecule has 1 aromatic carbocycles. The predicted molar refractivity (Wildman–Crippen MR) is 121 cm³/mol. The fraction of sp³-hybridized carbons (Fsp3) is 0.429. The number of rotatable bonds is 4. The molecule has 0 radical (unpaired) electrons. The number of nitrogens with one attached hydrogen (secondary N) is 2. The van der Waals surface area contributed by atoms with Crippen molar-refractivity contribution in [3.8, 4) is 0 Å². The topological polar surface area (TPSA) is 82.9 Å². The molecule has 1 unspecified atom stereocenters. The second kappa shape index (κ2) is 8.71. The molecule has 1 aliphatic heterocycles. The fourth-order valence-corrected chi connectivity index (χ4v) is 4.66. The summed E-state index contributed by atoms with van der Waals surface area (Å²) < 4.78 is 0. The summed E-state index contributed by atoms with van der Waals surface area (Å²) in [6.07, 6.45) is 3.97. The third-order valence-electron chi connectivity index (χ3n) is 4.79. The maximum atomic E-state index is 12.4. The van der Waals surface area contributed by atoms with Crippen LogP contribution in [0.5, 0.6) is 0 Å². The van der Waals surface area contributed by atoms with Gasteiger partial charge in [-0.1, -0.05) is 48.8 Å². The van der Waals surface area contributed by atoms with Crippen molar-refractivity contribution >= 4 is 51.7 Å². The monoisotopic (exact) mass is 432 g/mol. The number of allylic oxidation sites excluding steroid dienone is 2. The number of amidine groups is 1. The molecule has 2 aliphatic rings. The van der Waals surface area contributed by atoms with Crippen LogP contribution in [-0.4, -0.2) is 27.9 Å². The number of thioether (sulfide) groups is 1. The van der Waals surface area contributed by atoms with Crippen molar-refractivity contribution in [2.24, 2.45) is 15.6 Å². The molecule has 0 bridgehead atoms. The van der Waals surface area contributed by atoms with Gasteiger partial charge in [-0.15, -0.1) is 5.10 Å². The van der Waals surface area contributed by atoms with Gasteiger partial charge in [-0.2, -0.15) is 5.10 Å². The number of hydrogen-bond acceptors (Lipinski definition) is 5. The quantitative estimate of drug-likeness (QED) is 0.677. The van der Waals surface area contributed by atoms with Crippen molar-refractivity contribution in [3.63, 3.8) is 0 Å². The second-order valence-corrected chi connectivity index (χ2v) is 9.86. The maximum absolute atomic E-state index is 12.4. The Morgan fingerprint density at radius 1 is 1.31 bits per heavy atom. The molecule has 154 valence electrons. The average molecular weight is 433 g/mol. The van der Waals surface area contributed by atoms with Gasteiger partial charge in [0, 0.05) is 17.1 Å². The highest BCUT2D eigenvalue weighted by Crippen LogP contribution is 2.34. The predicted octanol–water partition coefficient (Wildman–Crippen LogP) is 4.69. The lowest BCUT2D eigenvalue weighted by Crippen LogP contribution is -2.28. The van der Waals surface area contributed by atoms with Crippen molar-refractivity contribution in [2.45, 2.75) is 52.2 Å². The molecule has 0 spiro atoms. The lowest BCUT2D eigenvalue weighted by atomic mass is 9.77. The molecule has 8 heteroatoms. The largest absolute Gasteiger partial charge is 0.326 e. The number of benzene rings is 1. The molecule has 6 nitrogen and oxygen atoms in total. The standard InChI is InChI=1S/C21H25ClN4O2S/c1-12-8-14(11-21(3,4)10-12)25-26-20-24-19(28)17(29-20)9-18(27)23-16-7-5-6-15(22)13(16)2/h5-8,17H,9-11H2,1-4H3,(H,23,27)(H,24,26,28)/b25-14+. The third-order valence-corrected chi connectivity index (χ3v) is 6.27. The van der Waals surface area contributed by atoms with Gasteiger partial charge in [-0.25, -0.2) is 0 Å². The zero-order chi connectivity index (χ0) is 21.2. The van der Waals surface area contributed by atoms with Crippen molar-refractivity contribution in [3.05, 3.63) is 40.4 Å². The molecule has 1 fully saturated rings. The summed E-state index contributed by atoms with van der Waals surface area (Å²) in [5.41, 5.74) is 3.77. The van der Waals surface area contributed by atoms with Crippen LogP contribution in [0.4, 0.5) is 5.69 Å². The highest BCUT2D eigenvalue weighted by atomic mass is 35.5. The molecular weight excluding hydrogens is 408 g/mol. The lowest BCUT2D eigenvalue weighted by molar-refractivity contribution is -0.122. The summed E-state index contributed by atoms with van der Waals surface area (Å²) >= 11 is 7.31. The molecule has 1 saturated heterocycles. The smallest absolute Gasteiger partial charge is 0.240 e. The van der Waals surface area contributed by atoms with Crippen LogP contribution in [0.1, 0.15) is 45.6 Å². The van der Waals surface area contributed by atoms with E-state index in [1.807, 2.05) is 6.92 Å². The summed E-state index contributed by atoms with van der Waals surface area (Å²) in [6.45, 7) is 8.33. The van der Waals surface area contributed by atoms with Crippen molar-refractivity contribution in [2.75, 3.05) is 5.32 Å². The number of hydrogen-bond donors (Lipinski definition) is 2. The maximum Gasteiger partial charge on any atom is 0.240 e. The van der Waals surface area contributed by atoms with E-state index < -0.39 is 5.25 Å². The van der Waals surface area contributed by atoms with E-state index in [0.29, 0.717) is 15.9 Å². The van der Waals surface area contributed by atoms with Gasteiger partial charge < -0.3 is 10.6 Å². The van der Waals surface area contributed by atoms with Gasteiger partial charge in [0.1, 0.15) is 5.25 Å². The molecule has 1 heterocycles. The minimum absolute atomic E-state index is 0.0457. The van der Waals surface area contributed by atoms with Crippen molar-refractivity contribution < 1.29 is 9.59 Å². The molecule has 1 atom stereocenters. The first-order valence-electron chi connectivity index (χ1n) is 9.47. The van der Waals surface area contributed by atoms with Gasteiger partial charge in [0.15, 0.2) is 5.17 Å². The van der Waals surface area contributed by atoms with E-state index in [0.717, 1.165) is 24.1 Å². The van der Waals surface area contributed by atoms with Gasteiger partial charge in [0.05, 0.1) is 5.71 Å². The Bertz CT molecular complexity index is 937. The third kappa shape index (κ3) is 5.70. The molecule has 0 saturated carbocycles. The minimum atomic E-state index is -0.534. The van der Waals surface area contributed by atoms with Gasteiger partial charge in [-0.05, 0) is 55.9 Å². The first-order valence-corrected chi connectivity index (χ1v) is 10.7. The molecule has 1 aromatic rings. The van der Waals surface area contributed by atoms with Crippen LogP contribution in [0.15, 0.2) is 40.1 Å². The van der Waals surface area contributed by atoms with Gasteiger partial charge in [-0.3, -0.25) is 9.59 Å². The van der Waals surface area contributed by atoms with Gasteiger partial charge >= 0.3 is 0 Å². The molecule has 29 heavy (non-hydrogen) atoms. The van der Waals surface area contributed by atoms with E-state index in [-0.39, 0.29) is 23.7 Å². The van der Waals surface area contributed by atoms with Crippen molar-refractivity contribution in [1.29, 1.82) is 0 Å². The fourth-order valence-electron chi connectivity index (χ4n) is 3.57. The molecule has 2 amide bonds. The van der Waals surface area contributed by atoms with Crippen LogP contribution in [0.3, 0.4) is 0 Å². The number of halogens is 1. The number of anilines is 1. The molecule has 1 aliphatic carbocycles. The van der Waals surface area contributed by atoms with E-state index in [9.17, 15) is 9.59 Å². The van der Waals surface area contributed by atoms with Crippen LogP contribution < -0.4 is 10.6 Å². The summed E-state index contributed by atoms with van der Waals surface area (Å²) in [7, 11) is 0. The van der Waals surface area contributed by atoms with Crippen LogP contribution in [0.2, 0.25) is 5.02 Å². The summed E-state index contributed by atoms with van der Waals surface area (Å²) in [5.74, 6) is -0.481. The average Bonchev–Trinajstić information content (AvgIpc) is 2.95. The number of carbonyl (C=O) groups excluding carboxylic acids is 2. The minimum Gasteiger partial charge on any atom is -0.326 e. The van der Waals surface area contributed by atoms with E-state index in [1.54, 1.807) is 18.2 Å². The molecule has 0 aromatic heterocycles. The highest BCUT2D eigenvalue weighted by Gasteiger charge is 2.32. The first-order chi connectivity index (χ1) is 13.6. The highest BCUT2D eigenvalue weighted by molar-refractivity contribution is 8.15. The Morgan fingerprint density at radius 3 is 2.79 bits per heavy atom. The van der Waals surface area contributed by atoms with E-state index >= 15 is 0 Å². The Hall–Kier alpha value is -2.12. The Balaban J connectivity index is 1.62. The summed E-state index contributed by atoms with van der Waals surface area (Å²) in [5, 5.41) is 14.5.